The van der Waals surface area contributed by atoms with Crippen LogP contribution < -0.4 is 9.47 Å². The molecule has 102 valence electrons. The van der Waals surface area contributed by atoms with E-state index in [4.69, 9.17) is 14.2 Å². The zero-order chi connectivity index (χ0) is 13.8. The summed E-state index contributed by atoms with van der Waals surface area (Å²) in [6, 6.07) is 4.63. The second-order valence-electron chi connectivity index (χ2n) is 3.92. The summed E-state index contributed by atoms with van der Waals surface area (Å²) in [4.78, 5) is 22.8. The molecule has 6 nitrogen and oxygen atoms in total. The summed E-state index contributed by atoms with van der Waals surface area (Å²) < 4.78 is 20.1. The average molecular weight is 266 g/mol. The first-order valence-electron chi connectivity index (χ1n) is 5.75. The normalized spacial score (nSPS) is 17.8. The number of cyclic esters (lactones) is 1. The number of rotatable bonds is 4. The van der Waals surface area contributed by atoms with Gasteiger partial charge in [-0.1, -0.05) is 0 Å². The molecule has 2 rings (SSSR count). The van der Waals surface area contributed by atoms with Gasteiger partial charge in [0.15, 0.2) is 17.6 Å². The van der Waals surface area contributed by atoms with Gasteiger partial charge in [0.25, 0.3) is 0 Å². The van der Waals surface area contributed by atoms with Gasteiger partial charge in [-0.15, -0.1) is 0 Å². The zero-order valence-electron chi connectivity index (χ0n) is 10.7. The summed E-state index contributed by atoms with van der Waals surface area (Å²) in [6.45, 7) is 0.336. The van der Waals surface area contributed by atoms with Crippen molar-refractivity contribution in [1.82, 2.24) is 0 Å². The van der Waals surface area contributed by atoms with Gasteiger partial charge in [-0.05, 0) is 18.2 Å². The molecule has 0 saturated carbocycles. The summed E-state index contributed by atoms with van der Waals surface area (Å²) in [5, 5.41) is 0. The fourth-order valence-electron chi connectivity index (χ4n) is 1.75. The van der Waals surface area contributed by atoms with Crippen LogP contribution >= 0.6 is 0 Å². The second kappa shape index (κ2) is 5.60. The van der Waals surface area contributed by atoms with E-state index in [0.717, 1.165) is 0 Å². The van der Waals surface area contributed by atoms with Crippen molar-refractivity contribution in [2.45, 2.75) is 12.5 Å². The number of methoxy groups -OCH3 is 2. The Morgan fingerprint density at radius 1 is 1.32 bits per heavy atom. The van der Waals surface area contributed by atoms with Crippen LogP contribution in [0.5, 0.6) is 11.5 Å². The van der Waals surface area contributed by atoms with Crippen LogP contribution in [0.4, 0.5) is 0 Å². The first-order chi connectivity index (χ1) is 9.15. The Bertz CT molecular complexity index is 496. The highest BCUT2D eigenvalue weighted by molar-refractivity contribution is 5.90. The monoisotopic (exact) mass is 266 g/mol. The highest BCUT2D eigenvalue weighted by Gasteiger charge is 2.29. The molecule has 0 N–H and O–H groups in total. The number of hydrogen-bond acceptors (Lipinski definition) is 6. The van der Waals surface area contributed by atoms with E-state index >= 15 is 0 Å². The Morgan fingerprint density at radius 3 is 2.68 bits per heavy atom. The third-order valence-corrected chi connectivity index (χ3v) is 2.74. The van der Waals surface area contributed by atoms with Gasteiger partial charge in [0.05, 0.1) is 26.4 Å². The lowest BCUT2D eigenvalue weighted by Gasteiger charge is -2.14. The van der Waals surface area contributed by atoms with Crippen LogP contribution in [0.25, 0.3) is 0 Å². The van der Waals surface area contributed by atoms with E-state index in [9.17, 15) is 9.59 Å². The SMILES string of the molecule is COC(=O)c1ccc(OC)c(OC2CCOC2=O)c1. The van der Waals surface area contributed by atoms with Crippen molar-refractivity contribution in [1.29, 1.82) is 0 Å². The molecule has 19 heavy (non-hydrogen) atoms. The standard InChI is InChI=1S/C13H14O6/c1-16-9-4-3-8(12(14)17-2)7-11(9)19-10-5-6-18-13(10)15/h3-4,7,10H,5-6H2,1-2H3. The van der Waals surface area contributed by atoms with Crippen LogP contribution in [0.2, 0.25) is 0 Å². The highest BCUT2D eigenvalue weighted by atomic mass is 16.6. The quantitative estimate of drug-likeness (QED) is 0.762. The smallest absolute Gasteiger partial charge is 0.347 e. The van der Waals surface area contributed by atoms with Crippen molar-refractivity contribution in [2.75, 3.05) is 20.8 Å². The van der Waals surface area contributed by atoms with E-state index in [2.05, 4.69) is 4.74 Å². The topological polar surface area (TPSA) is 71.1 Å². The number of carbonyl (C=O) groups is 2. The Kier molecular flexibility index (Phi) is 3.89. The molecule has 0 aromatic heterocycles. The molecule has 1 aromatic rings. The van der Waals surface area contributed by atoms with E-state index in [0.29, 0.717) is 30.1 Å². The van der Waals surface area contributed by atoms with Gasteiger partial charge < -0.3 is 18.9 Å². The molecule has 6 heteroatoms. The molecule has 1 heterocycles. The van der Waals surface area contributed by atoms with Crippen molar-refractivity contribution in [3.8, 4) is 11.5 Å². The van der Waals surface area contributed by atoms with Crippen molar-refractivity contribution >= 4 is 11.9 Å². The fourth-order valence-corrected chi connectivity index (χ4v) is 1.75. The molecule has 1 unspecified atom stereocenters. The van der Waals surface area contributed by atoms with E-state index in [1.54, 1.807) is 12.1 Å². The van der Waals surface area contributed by atoms with Crippen molar-refractivity contribution in [2.24, 2.45) is 0 Å². The predicted octanol–water partition coefficient (Wildman–Crippen LogP) is 1.18. The lowest BCUT2D eigenvalue weighted by atomic mass is 10.2. The Labute approximate surface area is 110 Å². The summed E-state index contributed by atoms with van der Waals surface area (Å²) in [7, 11) is 2.77. The summed E-state index contributed by atoms with van der Waals surface area (Å²) in [5.41, 5.74) is 0.324. The van der Waals surface area contributed by atoms with Gasteiger partial charge >= 0.3 is 11.9 Å². The van der Waals surface area contributed by atoms with E-state index in [-0.39, 0.29) is 0 Å². The lowest BCUT2D eigenvalue weighted by molar-refractivity contribution is -0.143. The minimum atomic E-state index is -0.665. The van der Waals surface area contributed by atoms with Crippen LogP contribution in [-0.4, -0.2) is 38.9 Å². The van der Waals surface area contributed by atoms with Crippen LogP contribution in [-0.2, 0) is 14.3 Å². The molecule has 0 spiro atoms. The lowest BCUT2D eigenvalue weighted by Crippen LogP contribution is -2.22. The van der Waals surface area contributed by atoms with Crippen LogP contribution in [0.1, 0.15) is 16.8 Å². The average Bonchev–Trinajstić information content (AvgIpc) is 2.83. The summed E-state index contributed by atoms with van der Waals surface area (Å²) in [5.74, 6) is -0.145. The summed E-state index contributed by atoms with van der Waals surface area (Å²) >= 11 is 0. The summed E-state index contributed by atoms with van der Waals surface area (Å²) in [6.07, 6.45) is -0.188. The molecular formula is C13H14O6. The molecule has 1 aliphatic heterocycles. The van der Waals surface area contributed by atoms with Gasteiger partial charge in [0.1, 0.15) is 0 Å². The first-order valence-corrected chi connectivity index (χ1v) is 5.75. The van der Waals surface area contributed by atoms with Crippen LogP contribution in [0.3, 0.4) is 0 Å². The Balaban J connectivity index is 2.25. The van der Waals surface area contributed by atoms with E-state index in [1.807, 2.05) is 0 Å². The second-order valence-corrected chi connectivity index (χ2v) is 3.92. The number of esters is 2. The maximum Gasteiger partial charge on any atom is 0.347 e. The molecule has 0 radical (unpaired) electrons. The molecule has 0 aliphatic carbocycles. The van der Waals surface area contributed by atoms with Gasteiger partial charge in [0.2, 0.25) is 0 Å². The number of carbonyl (C=O) groups excluding carboxylic acids is 2. The van der Waals surface area contributed by atoms with Crippen molar-refractivity contribution < 1.29 is 28.5 Å². The first kappa shape index (κ1) is 13.2. The maximum atomic E-state index is 11.5. The van der Waals surface area contributed by atoms with E-state index in [1.165, 1.54) is 20.3 Å². The maximum absolute atomic E-state index is 11.5. The number of hydrogen-bond donors (Lipinski definition) is 0. The minimum absolute atomic E-state index is 0.314. The number of benzene rings is 1. The minimum Gasteiger partial charge on any atom is -0.493 e. The molecule has 1 aromatic carbocycles. The van der Waals surface area contributed by atoms with E-state index < -0.39 is 18.0 Å². The van der Waals surface area contributed by atoms with Gasteiger partial charge in [-0.25, -0.2) is 9.59 Å². The molecule has 0 amide bonds. The van der Waals surface area contributed by atoms with Crippen LogP contribution in [0.15, 0.2) is 18.2 Å². The third kappa shape index (κ3) is 2.78. The molecule has 1 fully saturated rings. The van der Waals surface area contributed by atoms with Gasteiger partial charge in [-0.3, -0.25) is 0 Å². The molecular weight excluding hydrogens is 252 g/mol. The zero-order valence-corrected chi connectivity index (χ0v) is 10.7. The van der Waals surface area contributed by atoms with Crippen LogP contribution in [0, 0.1) is 0 Å². The highest BCUT2D eigenvalue weighted by Crippen LogP contribution is 2.30. The van der Waals surface area contributed by atoms with Gasteiger partial charge in [-0.2, -0.15) is 0 Å². The molecule has 1 saturated heterocycles. The number of ether oxygens (including phenoxy) is 4. The Hall–Kier alpha value is -2.24. The van der Waals surface area contributed by atoms with Crippen molar-refractivity contribution in [3.63, 3.8) is 0 Å². The fraction of sp³-hybridized carbons (Fsp3) is 0.385. The van der Waals surface area contributed by atoms with Crippen molar-refractivity contribution in [3.05, 3.63) is 23.8 Å². The molecule has 1 aliphatic rings. The largest absolute Gasteiger partial charge is 0.493 e. The van der Waals surface area contributed by atoms with Gasteiger partial charge in [0, 0.05) is 6.42 Å². The molecule has 1 atom stereocenters. The Morgan fingerprint density at radius 2 is 2.11 bits per heavy atom. The third-order valence-electron chi connectivity index (χ3n) is 2.74. The predicted molar refractivity (Wildman–Crippen MR) is 64.3 cm³/mol. The molecule has 0 bridgehead atoms.